The number of carbonyl (C=O) groups is 1. The van der Waals surface area contributed by atoms with Crippen LogP contribution in [0.3, 0.4) is 0 Å². The minimum Gasteiger partial charge on any atom is -0.487 e. The second-order valence-electron chi connectivity index (χ2n) is 9.24. The number of carbonyl (C=O) groups excluding carboxylic acids is 1. The predicted molar refractivity (Wildman–Crippen MR) is 93.6 cm³/mol. The normalized spacial score (nSPS) is 16.7. The Balaban J connectivity index is 2.84. The zero-order chi connectivity index (χ0) is 17.8. The number of benzene rings is 1. The van der Waals surface area contributed by atoms with Gasteiger partial charge in [-0.2, -0.15) is 0 Å². The first kappa shape index (κ1) is 17.8. The van der Waals surface area contributed by atoms with E-state index in [2.05, 4.69) is 61.5 Å². The molecule has 1 aromatic carbocycles. The van der Waals surface area contributed by atoms with Gasteiger partial charge in [0.15, 0.2) is 0 Å². The Bertz CT molecular complexity index is 640. The minimum absolute atomic E-state index is 0.139. The van der Waals surface area contributed by atoms with Crippen LogP contribution in [-0.4, -0.2) is 11.6 Å². The van der Waals surface area contributed by atoms with Gasteiger partial charge < -0.3 is 9.47 Å². The Kier molecular flexibility index (Phi) is 4.07. The van der Waals surface area contributed by atoms with Gasteiger partial charge in [-0.3, -0.25) is 4.79 Å². The summed E-state index contributed by atoms with van der Waals surface area (Å²) >= 11 is 0. The summed E-state index contributed by atoms with van der Waals surface area (Å²) in [4.78, 5) is 11.7. The molecule has 3 nitrogen and oxygen atoms in total. The lowest BCUT2D eigenvalue weighted by Crippen LogP contribution is -2.25. The molecule has 0 N–H and O–H groups in total. The van der Waals surface area contributed by atoms with E-state index in [1.54, 1.807) is 0 Å². The largest absolute Gasteiger partial charge is 0.487 e. The zero-order valence-corrected chi connectivity index (χ0v) is 16.0. The van der Waals surface area contributed by atoms with Gasteiger partial charge in [-0.15, -0.1) is 0 Å². The van der Waals surface area contributed by atoms with Crippen molar-refractivity contribution >= 4 is 5.97 Å². The van der Waals surface area contributed by atoms with Crippen LogP contribution < -0.4 is 9.47 Å². The first-order valence-corrected chi connectivity index (χ1v) is 8.31. The molecule has 0 bridgehead atoms. The van der Waals surface area contributed by atoms with Crippen molar-refractivity contribution in [1.82, 2.24) is 0 Å². The van der Waals surface area contributed by atoms with Crippen molar-refractivity contribution in [3.05, 3.63) is 22.8 Å². The maximum absolute atomic E-state index is 11.7. The Hall–Kier alpha value is -1.51. The van der Waals surface area contributed by atoms with Crippen LogP contribution >= 0.6 is 0 Å². The van der Waals surface area contributed by atoms with Gasteiger partial charge in [-0.1, -0.05) is 41.5 Å². The summed E-state index contributed by atoms with van der Waals surface area (Å²) in [5.74, 6) is 1.37. The molecule has 0 aliphatic carbocycles. The van der Waals surface area contributed by atoms with Crippen LogP contribution in [0.4, 0.5) is 0 Å². The smallest absolute Gasteiger partial charge is 0.308 e. The predicted octanol–water partition coefficient (Wildman–Crippen LogP) is 4.92. The molecule has 0 radical (unpaired) electrons. The van der Waals surface area contributed by atoms with Crippen LogP contribution in [0.1, 0.15) is 79.0 Å². The summed E-state index contributed by atoms with van der Waals surface area (Å²) in [6.45, 7) is 18.5. The van der Waals surface area contributed by atoms with Crippen LogP contribution in [0.25, 0.3) is 0 Å². The van der Waals surface area contributed by atoms with Gasteiger partial charge in [0.25, 0.3) is 0 Å². The van der Waals surface area contributed by atoms with E-state index in [9.17, 15) is 4.79 Å². The van der Waals surface area contributed by atoms with Crippen LogP contribution in [0, 0.1) is 0 Å². The Morgan fingerprint density at radius 1 is 1.13 bits per heavy atom. The fourth-order valence-electron chi connectivity index (χ4n) is 3.30. The molecule has 1 aliphatic rings. The van der Waals surface area contributed by atoms with Gasteiger partial charge in [-0.25, -0.2) is 0 Å². The Labute approximate surface area is 140 Å². The third-order valence-corrected chi connectivity index (χ3v) is 4.14. The van der Waals surface area contributed by atoms with E-state index in [1.807, 2.05) is 0 Å². The fraction of sp³-hybridized carbons (Fsp3) is 0.650. The summed E-state index contributed by atoms with van der Waals surface area (Å²) in [7, 11) is 0. The quantitative estimate of drug-likeness (QED) is 0.544. The molecule has 3 heteroatoms. The highest BCUT2D eigenvalue weighted by Gasteiger charge is 2.39. The summed E-state index contributed by atoms with van der Waals surface area (Å²) in [6, 6.07) is 2.07. The number of rotatable bonds is 1. The highest BCUT2D eigenvalue weighted by molar-refractivity contribution is 5.72. The van der Waals surface area contributed by atoms with E-state index in [4.69, 9.17) is 9.47 Å². The van der Waals surface area contributed by atoms with E-state index in [-0.39, 0.29) is 22.4 Å². The second-order valence-corrected chi connectivity index (χ2v) is 9.24. The number of hydrogen-bond acceptors (Lipinski definition) is 3. The van der Waals surface area contributed by atoms with Crippen LogP contribution in [0.5, 0.6) is 11.5 Å². The molecule has 0 fully saturated rings. The highest BCUT2D eigenvalue weighted by atomic mass is 16.5. The van der Waals surface area contributed by atoms with Gasteiger partial charge in [0, 0.05) is 30.0 Å². The molecule has 23 heavy (non-hydrogen) atoms. The van der Waals surface area contributed by atoms with Crippen LogP contribution in [-0.2, 0) is 22.0 Å². The molecule has 128 valence electrons. The molecule has 2 rings (SSSR count). The molecule has 0 saturated carbocycles. The summed E-state index contributed by atoms with van der Waals surface area (Å²) in [6.07, 6.45) is 0.827. The first-order valence-electron chi connectivity index (χ1n) is 8.31. The molecule has 0 amide bonds. The van der Waals surface area contributed by atoms with Crippen molar-refractivity contribution < 1.29 is 14.3 Å². The van der Waals surface area contributed by atoms with Crippen molar-refractivity contribution in [2.75, 3.05) is 0 Å². The molecule has 1 aliphatic heterocycles. The number of ether oxygens (including phenoxy) is 2. The molecule has 0 spiro atoms. The Morgan fingerprint density at radius 2 is 1.70 bits per heavy atom. The van der Waals surface area contributed by atoms with Gasteiger partial charge in [0.05, 0.1) is 0 Å². The number of hydrogen-bond donors (Lipinski definition) is 0. The first-order chi connectivity index (χ1) is 10.2. The number of fused-ring (bicyclic) bond motifs is 1. The summed E-state index contributed by atoms with van der Waals surface area (Å²) < 4.78 is 11.9. The summed E-state index contributed by atoms with van der Waals surface area (Å²) in [5, 5.41) is 0. The van der Waals surface area contributed by atoms with Crippen molar-refractivity contribution in [2.24, 2.45) is 0 Å². The van der Waals surface area contributed by atoms with Gasteiger partial charge in [0.1, 0.15) is 17.1 Å². The minimum atomic E-state index is -0.279. The third kappa shape index (κ3) is 3.54. The van der Waals surface area contributed by atoms with Crippen molar-refractivity contribution in [2.45, 2.75) is 85.2 Å². The van der Waals surface area contributed by atoms with E-state index in [0.717, 1.165) is 29.0 Å². The maximum atomic E-state index is 11.7. The lowest BCUT2D eigenvalue weighted by atomic mass is 9.76. The van der Waals surface area contributed by atoms with Crippen LogP contribution in [0.2, 0.25) is 0 Å². The van der Waals surface area contributed by atoms with E-state index in [0.29, 0.717) is 0 Å². The average molecular weight is 318 g/mol. The maximum Gasteiger partial charge on any atom is 0.308 e. The number of esters is 1. The van der Waals surface area contributed by atoms with E-state index >= 15 is 0 Å². The van der Waals surface area contributed by atoms with E-state index < -0.39 is 0 Å². The lowest BCUT2D eigenvalue weighted by molar-refractivity contribution is -0.132. The zero-order valence-electron chi connectivity index (χ0n) is 16.0. The van der Waals surface area contributed by atoms with Crippen LogP contribution in [0.15, 0.2) is 6.07 Å². The molecule has 0 atom stereocenters. The molecule has 0 unspecified atom stereocenters. The second kappa shape index (κ2) is 5.25. The molecule has 0 aromatic heterocycles. The van der Waals surface area contributed by atoms with Crippen molar-refractivity contribution in [1.29, 1.82) is 0 Å². The molecule has 1 aromatic rings. The molecule has 0 saturated heterocycles. The van der Waals surface area contributed by atoms with Crippen molar-refractivity contribution in [3.8, 4) is 11.5 Å². The monoisotopic (exact) mass is 318 g/mol. The van der Waals surface area contributed by atoms with Gasteiger partial charge >= 0.3 is 5.97 Å². The van der Waals surface area contributed by atoms with Crippen molar-refractivity contribution in [3.63, 3.8) is 0 Å². The van der Waals surface area contributed by atoms with Gasteiger partial charge in [0.2, 0.25) is 0 Å². The lowest BCUT2D eigenvalue weighted by Gasteiger charge is -2.30. The third-order valence-electron chi connectivity index (χ3n) is 4.14. The topological polar surface area (TPSA) is 35.5 Å². The molecular formula is C20H30O3. The highest BCUT2D eigenvalue weighted by Crippen LogP contribution is 2.49. The standard InChI is InChI=1S/C20H30O3/c1-12(21)22-17-14(18(2,3)4)10-15-13(11-20(8,9)23-15)16(17)19(5,6)7/h10H,11H2,1-9H3. The SMILES string of the molecule is CC(=O)Oc1c(C(C)(C)C)cc2c(c1C(C)(C)C)CC(C)(C)O2. The fourth-order valence-corrected chi connectivity index (χ4v) is 3.30. The summed E-state index contributed by atoms with van der Waals surface area (Å²) in [5.41, 5.74) is 2.78. The van der Waals surface area contributed by atoms with Gasteiger partial charge in [-0.05, 0) is 30.7 Å². The molecule has 1 heterocycles. The Morgan fingerprint density at radius 3 is 2.13 bits per heavy atom. The molecular weight excluding hydrogens is 288 g/mol. The average Bonchev–Trinajstić information content (AvgIpc) is 2.57. The van der Waals surface area contributed by atoms with E-state index in [1.165, 1.54) is 12.5 Å².